The van der Waals surface area contributed by atoms with Crippen LogP contribution in [0.5, 0.6) is 17.2 Å². The Kier molecular flexibility index (Phi) is 8.42. The highest BCUT2D eigenvalue weighted by molar-refractivity contribution is 7.97. The molecule has 2 N–H and O–H groups in total. The summed E-state index contributed by atoms with van der Waals surface area (Å²) in [5.74, 6) is 1.33. The van der Waals surface area contributed by atoms with Crippen molar-refractivity contribution in [3.05, 3.63) is 36.7 Å². The van der Waals surface area contributed by atoms with Crippen LogP contribution in [0.1, 0.15) is 0 Å². The Balaban J connectivity index is 1.98. The second-order valence-electron chi connectivity index (χ2n) is 6.58. The summed E-state index contributed by atoms with van der Waals surface area (Å²) < 4.78 is 62.2. The Hall–Kier alpha value is -2.96. The van der Waals surface area contributed by atoms with Crippen molar-refractivity contribution in [3.8, 4) is 17.2 Å². The maximum atomic E-state index is 12.7. The van der Waals surface area contributed by atoms with E-state index in [0.29, 0.717) is 47.1 Å². The van der Waals surface area contributed by atoms with Crippen LogP contribution in [0.4, 0.5) is 24.7 Å². The number of nitrogens with zero attached hydrogens (tertiary/aromatic N) is 2. The molecule has 1 heterocycles. The number of halogens is 3. The van der Waals surface area contributed by atoms with Crippen LogP contribution in [-0.2, 0) is 4.74 Å². The predicted molar refractivity (Wildman–Crippen MR) is 120 cm³/mol. The third-order valence-corrected chi connectivity index (χ3v) is 4.97. The van der Waals surface area contributed by atoms with Crippen LogP contribution in [0.25, 0.3) is 10.9 Å². The monoisotopic (exact) mass is 484 g/mol. The average Bonchev–Trinajstić information content (AvgIpc) is 2.78. The van der Waals surface area contributed by atoms with Gasteiger partial charge in [-0.2, -0.15) is 13.2 Å². The van der Waals surface area contributed by atoms with E-state index < -0.39 is 12.8 Å². The molecule has 1 aromatic heterocycles. The Morgan fingerprint density at radius 3 is 2.48 bits per heavy atom. The van der Waals surface area contributed by atoms with Gasteiger partial charge in [0.1, 0.15) is 24.5 Å². The summed E-state index contributed by atoms with van der Waals surface area (Å²) in [7, 11) is 4.81. The zero-order chi connectivity index (χ0) is 23.8. The molecule has 0 aliphatic rings. The third kappa shape index (κ3) is 6.76. The Morgan fingerprint density at radius 2 is 1.79 bits per heavy atom. The fourth-order valence-corrected chi connectivity index (χ4v) is 3.42. The molecule has 0 aliphatic heterocycles. The molecule has 33 heavy (non-hydrogen) atoms. The average molecular weight is 485 g/mol. The molecule has 0 atom stereocenters. The first-order valence-electron chi connectivity index (χ1n) is 9.73. The van der Waals surface area contributed by atoms with Crippen molar-refractivity contribution in [2.75, 3.05) is 46.4 Å². The van der Waals surface area contributed by atoms with E-state index in [-0.39, 0.29) is 5.75 Å². The standard InChI is InChI=1S/C21H23F3N4O4S/c1-25-33-13-4-5-17(32-11-21(22,23)24)16(8-13)28-20-14-9-18(30-3)19(31-7-6-29-2)10-15(14)26-12-27-20/h4-5,8-10,12,25H,6-7,11H2,1-3H3,(H,26,27,28). The number of methoxy groups -OCH3 is 2. The summed E-state index contributed by atoms with van der Waals surface area (Å²) in [6.45, 7) is -0.690. The summed E-state index contributed by atoms with van der Waals surface area (Å²) in [6.07, 6.45) is -3.12. The summed E-state index contributed by atoms with van der Waals surface area (Å²) in [5, 5.41) is 3.66. The van der Waals surface area contributed by atoms with Gasteiger partial charge in [0.2, 0.25) is 0 Å². The molecule has 2 aromatic carbocycles. The van der Waals surface area contributed by atoms with Crippen LogP contribution in [0.3, 0.4) is 0 Å². The molecule has 0 saturated heterocycles. The quantitative estimate of drug-likeness (QED) is 0.300. The van der Waals surface area contributed by atoms with Gasteiger partial charge < -0.3 is 24.3 Å². The lowest BCUT2D eigenvalue weighted by molar-refractivity contribution is -0.153. The van der Waals surface area contributed by atoms with E-state index in [4.69, 9.17) is 18.9 Å². The fraction of sp³-hybridized carbons (Fsp3) is 0.333. The smallest absolute Gasteiger partial charge is 0.422 e. The van der Waals surface area contributed by atoms with Gasteiger partial charge >= 0.3 is 6.18 Å². The van der Waals surface area contributed by atoms with E-state index in [9.17, 15) is 13.2 Å². The van der Waals surface area contributed by atoms with Gasteiger partial charge in [0.15, 0.2) is 18.1 Å². The van der Waals surface area contributed by atoms with Crippen molar-refractivity contribution in [2.45, 2.75) is 11.1 Å². The lowest BCUT2D eigenvalue weighted by atomic mass is 10.2. The number of ether oxygens (including phenoxy) is 4. The van der Waals surface area contributed by atoms with Crippen LogP contribution < -0.4 is 24.2 Å². The number of nitrogens with one attached hydrogen (secondary N) is 2. The lowest BCUT2D eigenvalue weighted by Crippen LogP contribution is -2.19. The number of aromatic nitrogens is 2. The number of fused-ring (bicyclic) bond motifs is 1. The number of hydrogen-bond acceptors (Lipinski definition) is 9. The molecule has 178 valence electrons. The van der Waals surface area contributed by atoms with Gasteiger partial charge in [0.05, 0.1) is 24.9 Å². The van der Waals surface area contributed by atoms with E-state index in [0.717, 1.165) is 4.90 Å². The molecule has 0 aliphatic carbocycles. The second kappa shape index (κ2) is 11.3. The number of rotatable bonds is 11. The largest absolute Gasteiger partial charge is 0.493 e. The highest BCUT2D eigenvalue weighted by Gasteiger charge is 2.29. The minimum atomic E-state index is -4.47. The van der Waals surface area contributed by atoms with Crippen LogP contribution in [0.2, 0.25) is 0 Å². The minimum absolute atomic E-state index is 0.0334. The maximum absolute atomic E-state index is 12.7. The van der Waals surface area contributed by atoms with E-state index in [1.807, 2.05) is 0 Å². The first kappa shape index (κ1) is 24.7. The molecule has 0 amide bonds. The molecule has 0 fully saturated rings. The van der Waals surface area contributed by atoms with E-state index in [1.54, 1.807) is 38.4 Å². The number of benzene rings is 2. The van der Waals surface area contributed by atoms with Crippen LogP contribution in [0.15, 0.2) is 41.6 Å². The first-order valence-corrected chi connectivity index (χ1v) is 10.5. The van der Waals surface area contributed by atoms with Gasteiger partial charge in [-0.25, -0.2) is 9.97 Å². The SMILES string of the molecule is CNSc1ccc(OCC(F)(F)F)c(Nc2ncnc3cc(OCCOC)c(OC)cc23)c1. The molecule has 8 nitrogen and oxygen atoms in total. The first-order chi connectivity index (χ1) is 15.8. The molecule has 0 spiro atoms. The van der Waals surface area contributed by atoms with Gasteiger partial charge in [0.25, 0.3) is 0 Å². The van der Waals surface area contributed by atoms with E-state index in [1.165, 1.54) is 31.5 Å². The zero-order valence-electron chi connectivity index (χ0n) is 18.2. The molecule has 0 bridgehead atoms. The van der Waals surface area contributed by atoms with Gasteiger partial charge in [-0.1, -0.05) is 0 Å². The van der Waals surface area contributed by atoms with E-state index in [2.05, 4.69) is 20.0 Å². The van der Waals surface area contributed by atoms with Crippen molar-refractivity contribution in [1.29, 1.82) is 0 Å². The van der Waals surface area contributed by atoms with Gasteiger partial charge in [-0.15, -0.1) is 0 Å². The van der Waals surface area contributed by atoms with Gasteiger partial charge in [-0.3, -0.25) is 4.72 Å². The molecule has 0 saturated carbocycles. The van der Waals surface area contributed by atoms with Crippen LogP contribution in [0, 0.1) is 0 Å². The minimum Gasteiger partial charge on any atom is -0.493 e. The molecule has 12 heteroatoms. The lowest BCUT2D eigenvalue weighted by Gasteiger charge is -2.17. The molecule has 0 unspecified atom stereocenters. The Morgan fingerprint density at radius 1 is 0.970 bits per heavy atom. The molecule has 0 radical (unpaired) electrons. The van der Waals surface area contributed by atoms with Gasteiger partial charge in [0, 0.05) is 23.5 Å². The highest BCUT2D eigenvalue weighted by Crippen LogP contribution is 2.37. The highest BCUT2D eigenvalue weighted by atomic mass is 32.2. The van der Waals surface area contributed by atoms with Crippen LogP contribution in [-0.4, -0.2) is 57.2 Å². The van der Waals surface area contributed by atoms with Crippen LogP contribution >= 0.6 is 11.9 Å². The second-order valence-corrected chi connectivity index (χ2v) is 7.66. The molecule has 3 rings (SSSR count). The van der Waals surface area contributed by atoms with Crippen molar-refractivity contribution in [1.82, 2.24) is 14.7 Å². The normalized spacial score (nSPS) is 11.5. The number of hydrogen-bond donors (Lipinski definition) is 2. The van der Waals surface area contributed by atoms with E-state index >= 15 is 0 Å². The van der Waals surface area contributed by atoms with Crippen molar-refractivity contribution >= 4 is 34.4 Å². The number of anilines is 2. The predicted octanol–water partition coefficient (Wildman–Crippen LogP) is 4.57. The Labute approximate surface area is 192 Å². The van der Waals surface area contributed by atoms with Crippen molar-refractivity contribution in [3.63, 3.8) is 0 Å². The molecular weight excluding hydrogens is 461 g/mol. The van der Waals surface area contributed by atoms with Crippen molar-refractivity contribution in [2.24, 2.45) is 0 Å². The summed E-state index contributed by atoms with van der Waals surface area (Å²) in [4.78, 5) is 9.31. The third-order valence-electron chi connectivity index (χ3n) is 4.28. The molecule has 3 aromatic rings. The van der Waals surface area contributed by atoms with Crippen molar-refractivity contribution < 1.29 is 32.1 Å². The summed E-state index contributed by atoms with van der Waals surface area (Å²) in [5.41, 5.74) is 0.873. The summed E-state index contributed by atoms with van der Waals surface area (Å²) >= 11 is 1.31. The topological polar surface area (TPSA) is 86.8 Å². The Bertz CT molecular complexity index is 1090. The zero-order valence-corrected chi connectivity index (χ0v) is 19.0. The number of alkyl halides is 3. The summed E-state index contributed by atoms with van der Waals surface area (Å²) in [6, 6.07) is 8.19. The fourth-order valence-electron chi connectivity index (χ4n) is 2.87. The molecular formula is C21H23F3N4O4S. The van der Waals surface area contributed by atoms with Gasteiger partial charge in [-0.05, 0) is 43.3 Å². The maximum Gasteiger partial charge on any atom is 0.422 e.